The van der Waals surface area contributed by atoms with E-state index in [2.05, 4.69) is 39.6 Å². The molecule has 2 nitrogen and oxygen atoms in total. The van der Waals surface area contributed by atoms with Crippen molar-refractivity contribution in [1.29, 1.82) is 0 Å². The van der Waals surface area contributed by atoms with Crippen LogP contribution in [0.5, 0.6) is 0 Å². The molecule has 0 aliphatic rings. The molecule has 2 aromatic heterocycles. The fourth-order valence-electron chi connectivity index (χ4n) is 1.97. The molecular formula is C14H12ClN2+. The van der Waals surface area contributed by atoms with Gasteiger partial charge in [-0.05, 0) is 23.8 Å². The van der Waals surface area contributed by atoms with Crippen LogP contribution in [0.4, 0.5) is 0 Å². The second-order valence-electron chi connectivity index (χ2n) is 4.02. The average molecular weight is 244 g/mol. The van der Waals surface area contributed by atoms with Crippen LogP contribution in [-0.2, 0) is 6.54 Å². The molecular weight excluding hydrogens is 232 g/mol. The Morgan fingerprint density at radius 1 is 1.00 bits per heavy atom. The minimum absolute atomic E-state index is 0.778. The van der Waals surface area contributed by atoms with E-state index in [-0.39, 0.29) is 0 Å². The smallest absolute Gasteiger partial charge is 0.226 e. The Kier molecular flexibility index (Phi) is 2.57. The van der Waals surface area contributed by atoms with Crippen molar-refractivity contribution in [2.24, 2.45) is 0 Å². The number of rotatable bonds is 2. The number of fused-ring (bicyclic) bond motifs is 1. The van der Waals surface area contributed by atoms with Crippen LogP contribution in [-0.4, -0.2) is 4.40 Å². The van der Waals surface area contributed by atoms with Crippen LogP contribution >= 0.6 is 11.6 Å². The monoisotopic (exact) mass is 243 g/mol. The second-order valence-corrected chi connectivity index (χ2v) is 4.46. The van der Waals surface area contributed by atoms with Crippen LogP contribution in [0.2, 0.25) is 5.02 Å². The number of hydrogen-bond acceptors (Lipinski definition) is 0. The van der Waals surface area contributed by atoms with Gasteiger partial charge in [0.1, 0.15) is 18.9 Å². The summed E-state index contributed by atoms with van der Waals surface area (Å²) in [6.07, 6.45) is 6.20. The molecule has 0 bridgehead atoms. The maximum atomic E-state index is 5.88. The lowest BCUT2D eigenvalue weighted by Gasteiger charge is -1.99. The normalized spacial score (nSPS) is 10.9. The van der Waals surface area contributed by atoms with E-state index in [1.54, 1.807) is 0 Å². The molecule has 3 aromatic rings. The highest BCUT2D eigenvalue weighted by molar-refractivity contribution is 6.30. The highest BCUT2D eigenvalue weighted by Crippen LogP contribution is 2.09. The minimum atomic E-state index is 0.778. The topological polar surface area (TPSA) is 8.29 Å². The summed E-state index contributed by atoms with van der Waals surface area (Å²) in [5.74, 6) is 0. The highest BCUT2D eigenvalue weighted by atomic mass is 35.5. The van der Waals surface area contributed by atoms with E-state index in [1.807, 2.05) is 30.5 Å². The first kappa shape index (κ1) is 10.4. The summed E-state index contributed by atoms with van der Waals surface area (Å²) in [6, 6.07) is 14.2. The van der Waals surface area contributed by atoms with E-state index in [0.29, 0.717) is 0 Å². The fraction of sp³-hybridized carbons (Fsp3) is 0.0714. The van der Waals surface area contributed by atoms with Gasteiger partial charge in [-0.15, -0.1) is 0 Å². The Morgan fingerprint density at radius 3 is 2.65 bits per heavy atom. The molecule has 17 heavy (non-hydrogen) atoms. The molecule has 2 heterocycles. The predicted octanol–water partition coefficient (Wildman–Crippen LogP) is 2.93. The molecule has 0 radical (unpaired) electrons. The molecule has 3 rings (SSSR count). The van der Waals surface area contributed by atoms with Crippen molar-refractivity contribution in [2.45, 2.75) is 6.54 Å². The Hall–Kier alpha value is -1.80. The van der Waals surface area contributed by atoms with Crippen molar-refractivity contribution in [2.75, 3.05) is 0 Å². The third-order valence-electron chi connectivity index (χ3n) is 2.84. The summed E-state index contributed by atoms with van der Waals surface area (Å²) in [7, 11) is 0. The van der Waals surface area contributed by atoms with Gasteiger partial charge in [-0.1, -0.05) is 29.8 Å². The maximum Gasteiger partial charge on any atom is 0.286 e. The maximum absolute atomic E-state index is 5.88. The van der Waals surface area contributed by atoms with Gasteiger partial charge in [0, 0.05) is 11.1 Å². The first-order valence-electron chi connectivity index (χ1n) is 5.52. The molecule has 0 unspecified atom stereocenters. The quantitative estimate of drug-likeness (QED) is 0.612. The lowest BCUT2D eigenvalue weighted by Crippen LogP contribution is -2.32. The van der Waals surface area contributed by atoms with Gasteiger partial charge in [0.15, 0.2) is 0 Å². The molecule has 3 heteroatoms. The molecule has 0 fully saturated rings. The number of hydrogen-bond donors (Lipinski definition) is 0. The molecule has 84 valence electrons. The molecule has 0 atom stereocenters. The van der Waals surface area contributed by atoms with Crippen LogP contribution in [0.25, 0.3) is 5.65 Å². The van der Waals surface area contributed by atoms with Crippen LogP contribution < -0.4 is 4.57 Å². The van der Waals surface area contributed by atoms with Crippen molar-refractivity contribution in [3.63, 3.8) is 0 Å². The van der Waals surface area contributed by atoms with Crippen molar-refractivity contribution in [1.82, 2.24) is 4.40 Å². The summed E-state index contributed by atoms with van der Waals surface area (Å²) < 4.78 is 4.32. The summed E-state index contributed by atoms with van der Waals surface area (Å²) in [5.41, 5.74) is 2.43. The number of aromatic nitrogens is 2. The molecule has 0 saturated heterocycles. The van der Waals surface area contributed by atoms with Crippen molar-refractivity contribution in [3.05, 3.63) is 71.6 Å². The zero-order chi connectivity index (χ0) is 11.7. The number of imidazole rings is 1. The van der Waals surface area contributed by atoms with Crippen molar-refractivity contribution < 1.29 is 4.57 Å². The van der Waals surface area contributed by atoms with Gasteiger partial charge in [0.25, 0.3) is 5.65 Å². The van der Waals surface area contributed by atoms with E-state index in [4.69, 9.17) is 11.6 Å². The Bertz CT molecular complexity index is 641. The predicted molar refractivity (Wildman–Crippen MR) is 68.1 cm³/mol. The largest absolute Gasteiger partial charge is 0.286 e. The van der Waals surface area contributed by atoms with Gasteiger partial charge < -0.3 is 0 Å². The molecule has 1 aromatic carbocycles. The van der Waals surface area contributed by atoms with Crippen molar-refractivity contribution >= 4 is 17.2 Å². The zero-order valence-electron chi connectivity index (χ0n) is 9.25. The standard InChI is InChI=1S/C14H12ClN2/c15-13-6-4-12(5-7-13)11-17-10-9-16-8-2-1-3-14(16)17/h1-10H,11H2/q+1. The Labute approximate surface area is 105 Å². The average Bonchev–Trinajstić information content (AvgIpc) is 2.76. The molecule has 0 saturated carbocycles. The van der Waals surface area contributed by atoms with Gasteiger partial charge in [-0.3, -0.25) is 0 Å². The summed E-state index contributed by atoms with van der Waals surface area (Å²) in [6.45, 7) is 0.859. The fourth-order valence-corrected chi connectivity index (χ4v) is 2.09. The van der Waals surface area contributed by atoms with Crippen LogP contribution in [0.15, 0.2) is 61.1 Å². The lowest BCUT2D eigenvalue weighted by atomic mass is 10.2. The van der Waals surface area contributed by atoms with E-state index >= 15 is 0 Å². The molecule has 0 aliphatic carbocycles. The lowest BCUT2D eigenvalue weighted by molar-refractivity contribution is -0.661. The zero-order valence-corrected chi connectivity index (χ0v) is 10.0. The third kappa shape index (κ3) is 2.04. The number of benzene rings is 1. The van der Waals surface area contributed by atoms with Gasteiger partial charge in [0.05, 0.1) is 6.20 Å². The number of halogens is 1. The van der Waals surface area contributed by atoms with Crippen molar-refractivity contribution in [3.8, 4) is 0 Å². The van der Waals surface area contributed by atoms with E-state index in [9.17, 15) is 0 Å². The SMILES string of the molecule is Clc1ccc(C[n+]2ccn3ccccc32)cc1. The number of pyridine rings is 1. The van der Waals surface area contributed by atoms with Gasteiger partial charge >= 0.3 is 0 Å². The Balaban J connectivity index is 1.97. The summed E-state index contributed by atoms with van der Waals surface area (Å²) in [5, 5.41) is 0.778. The van der Waals surface area contributed by atoms with Gasteiger partial charge in [-0.25, -0.2) is 8.97 Å². The first-order chi connectivity index (χ1) is 8.33. The van der Waals surface area contributed by atoms with E-state index < -0.39 is 0 Å². The van der Waals surface area contributed by atoms with Crippen LogP contribution in [0.3, 0.4) is 0 Å². The van der Waals surface area contributed by atoms with Gasteiger partial charge in [0.2, 0.25) is 0 Å². The molecule has 0 N–H and O–H groups in total. The minimum Gasteiger partial charge on any atom is -0.226 e. The molecule has 0 aliphatic heterocycles. The van der Waals surface area contributed by atoms with Gasteiger partial charge in [-0.2, -0.15) is 0 Å². The Morgan fingerprint density at radius 2 is 1.82 bits per heavy atom. The first-order valence-corrected chi connectivity index (χ1v) is 5.90. The van der Waals surface area contributed by atoms with E-state index in [1.165, 1.54) is 11.2 Å². The summed E-state index contributed by atoms with van der Waals surface area (Å²) in [4.78, 5) is 0. The van der Waals surface area contributed by atoms with Crippen LogP contribution in [0, 0.1) is 0 Å². The molecule has 0 amide bonds. The second kappa shape index (κ2) is 4.22. The number of nitrogens with zero attached hydrogens (tertiary/aromatic N) is 2. The van der Waals surface area contributed by atoms with E-state index in [0.717, 1.165) is 11.6 Å². The van der Waals surface area contributed by atoms with Crippen LogP contribution in [0.1, 0.15) is 5.56 Å². The highest BCUT2D eigenvalue weighted by Gasteiger charge is 2.08. The third-order valence-corrected chi connectivity index (χ3v) is 3.09. The molecule has 0 spiro atoms. The summed E-state index contributed by atoms with van der Waals surface area (Å²) >= 11 is 5.88.